The summed E-state index contributed by atoms with van der Waals surface area (Å²) in [5, 5.41) is 3.06. The fourth-order valence-electron chi connectivity index (χ4n) is 2.48. The number of aliphatic imine (C=N–C) groups is 1. The number of rotatable bonds is 4. The maximum Gasteiger partial charge on any atom is 0.237 e. The zero-order chi connectivity index (χ0) is 13.9. The molecule has 0 aliphatic carbocycles. The number of likely N-dealkylation sites (N-methyl/N-ethyl adjacent to an activating group) is 1. The highest BCUT2D eigenvalue weighted by Gasteiger charge is 2.38. The van der Waals surface area contributed by atoms with Crippen LogP contribution in [0, 0.1) is 0 Å². The molecule has 1 saturated heterocycles. The predicted octanol–water partition coefficient (Wildman–Crippen LogP) is 0.457. The molecule has 0 saturated carbocycles. The van der Waals surface area contributed by atoms with Gasteiger partial charge in [-0.15, -0.1) is 0 Å². The van der Waals surface area contributed by atoms with Gasteiger partial charge in [-0.3, -0.25) is 9.79 Å². The molecule has 3 N–H and O–H groups in total. The molecular formula is C13H19N5O. The molecule has 19 heavy (non-hydrogen) atoms. The Morgan fingerprint density at radius 3 is 2.79 bits per heavy atom. The molecule has 0 unspecified atom stereocenters. The van der Waals surface area contributed by atoms with Crippen LogP contribution < -0.4 is 16.0 Å². The van der Waals surface area contributed by atoms with Crippen LogP contribution in [0.1, 0.15) is 12.8 Å². The van der Waals surface area contributed by atoms with Crippen molar-refractivity contribution in [3.8, 4) is 0 Å². The van der Waals surface area contributed by atoms with Crippen LogP contribution in [0.15, 0.2) is 23.3 Å². The van der Waals surface area contributed by atoms with Gasteiger partial charge in [0, 0.05) is 19.3 Å². The van der Waals surface area contributed by atoms with Gasteiger partial charge in [0.1, 0.15) is 11.2 Å². The molecular weight excluding hydrogens is 242 g/mol. The number of nitrogens with zero attached hydrogens (tertiary/aromatic N) is 3. The second-order valence-electron chi connectivity index (χ2n) is 4.69. The highest BCUT2D eigenvalue weighted by molar-refractivity contribution is 5.85. The fourth-order valence-corrected chi connectivity index (χ4v) is 2.48. The van der Waals surface area contributed by atoms with Crippen molar-refractivity contribution in [1.82, 2.24) is 10.3 Å². The number of primary amides is 1. The molecule has 102 valence electrons. The van der Waals surface area contributed by atoms with Crippen LogP contribution in [0.2, 0.25) is 0 Å². The topological polar surface area (TPSA) is 83.6 Å². The van der Waals surface area contributed by atoms with E-state index in [9.17, 15) is 4.79 Å². The van der Waals surface area contributed by atoms with E-state index in [4.69, 9.17) is 5.73 Å². The van der Waals surface area contributed by atoms with Gasteiger partial charge in [-0.2, -0.15) is 0 Å². The third kappa shape index (κ3) is 2.44. The number of hydrogen-bond acceptors (Lipinski definition) is 5. The largest absolute Gasteiger partial charge is 0.368 e. The number of anilines is 1. The summed E-state index contributed by atoms with van der Waals surface area (Å²) in [6, 6.07) is 3.71. The van der Waals surface area contributed by atoms with Crippen LogP contribution in [0.25, 0.3) is 0 Å². The van der Waals surface area contributed by atoms with Crippen molar-refractivity contribution in [3.63, 3.8) is 0 Å². The van der Waals surface area contributed by atoms with Gasteiger partial charge in [-0.05, 0) is 38.7 Å². The van der Waals surface area contributed by atoms with E-state index < -0.39 is 5.54 Å². The van der Waals surface area contributed by atoms with Crippen molar-refractivity contribution in [1.29, 1.82) is 0 Å². The molecule has 2 heterocycles. The summed E-state index contributed by atoms with van der Waals surface area (Å²) in [4.78, 5) is 22.0. The zero-order valence-electron chi connectivity index (χ0n) is 11.1. The molecule has 0 radical (unpaired) electrons. The van der Waals surface area contributed by atoms with E-state index in [1.807, 2.05) is 12.1 Å². The SMILES string of the molecule is C=Nc1cccnc1N1CCC(NC)(C(N)=O)CC1. The molecule has 6 nitrogen and oxygen atoms in total. The Balaban J connectivity index is 2.16. The molecule has 0 spiro atoms. The van der Waals surface area contributed by atoms with Crippen LogP contribution in [-0.2, 0) is 4.79 Å². The minimum Gasteiger partial charge on any atom is -0.368 e. The Morgan fingerprint density at radius 2 is 2.26 bits per heavy atom. The van der Waals surface area contributed by atoms with Crippen molar-refractivity contribution >= 4 is 24.1 Å². The monoisotopic (exact) mass is 261 g/mol. The standard InChI is InChI=1S/C13H19N5O/c1-15-10-4-3-7-17-11(10)18-8-5-13(16-2,6-9-18)12(14)19/h3-4,7,16H,1,5-6,8-9H2,2H3,(H2,14,19). The maximum absolute atomic E-state index is 11.6. The Morgan fingerprint density at radius 1 is 1.58 bits per heavy atom. The average Bonchev–Trinajstić information content (AvgIpc) is 2.47. The molecule has 6 heteroatoms. The van der Waals surface area contributed by atoms with Crippen LogP contribution in [0.3, 0.4) is 0 Å². The first-order valence-electron chi connectivity index (χ1n) is 6.28. The number of amides is 1. The molecule has 1 fully saturated rings. The van der Waals surface area contributed by atoms with Gasteiger partial charge in [-0.25, -0.2) is 4.98 Å². The van der Waals surface area contributed by atoms with Crippen LogP contribution in [0.5, 0.6) is 0 Å². The number of hydrogen-bond donors (Lipinski definition) is 2. The highest BCUT2D eigenvalue weighted by atomic mass is 16.1. The van der Waals surface area contributed by atoms with E-state index in [1.165, 1.54) is 0 Å². The minimum absolute atomic E-state index is 0.294. The van der Waals surface area contributed by atoms with Gasteiger partial charge in [0.25, 0.3) is 0 Å². The quantitative estimate of drug-likeness (QED) is 0.771. The third-order valence-electron chi connectivity index (χ3n) is 3.80. The summed E-state index contributed by atoms with van der Waals surface area (Å²) < 4.78 is 0. The van der Waals surface area contributed by atoms with Crippen LogP contribution in [-0.4, -0.2) is 43.3 Å². The molecule has 0 atom stereocenters. The number of carbonyl (C=O) groups is 1. The van der Waals surface area contributed by atoms with Crippen molar-refractivity contribution in [2.75, 3.05) is 25.0 Å². The predicted molar refractivity (Wildman–Crippen MR) is 75.9 cm³/mol. The van der Waals surface area contributed by atoms with E-state index in [1.54, 1.807) is 13.2 Å². The second kappa shape index (κ2) is 5.36. The maximum atomic E-state index is 11.6. The Labute approximate surface area is 112 Å². The summed E-state index contributed by atoms with van der Waals surface area (Å²) in [7, 11) is 1.78. The lowest BCUT2D eigenvalue weighted by Gasteiger charge is -2.40. The summed E-state index contributed by atoms with van der Waals surface area (Å²) in [6.45, 7) is 4.98. The lowest BCUT2D eigenvalue weighted by molar-refractivity contribution is -0.125. The van der Waals surface area contributed by atoms with Gasteiger partial charge in [0.05, 0.1) is 0 Å². The Kier molecular flexibility index (Phi) is 3.80. The molecule has 2 rings (SSSR count). The summed E-state index contributed by atoms with van der Waals surface area (Å²) in [5.74, 6) is 0.518. The molecule has 0 aromatic carbocycles. The van der Waals surface area contributed by atoms with E-state index in [0.717, 1.165) is 11.5 Å². The first-order valence-corrected chi connectivity index (χ1v) is 6.28. The molecule has 1 aromatic heterocycles. The zero-order valence-corrected chi connectivity index (χ0v) is 11.1. The molecule has 1 aliphatic rings. The lowest BCUT2D eigenvalue weighted by Crippen LogP contribution is -2.59. The minimum atomic E-state index is -0.604. The first-order chi connectivity index (χ1) is 9.13. The summed E-state index contributed by atoms with van der Waals surface area (Å²) >= 11 is 0. The van der Waals surface area contributed by atoms with E-state index in [2.05, 4.69) is 26.9 Å². The number of carbonyl (C=O) groups excluding carboxylic acids is 1. The van der Waals surface area contributed by atoms with E-state index in [-0.39, 0.29) is 5.91 Å². The number of nitrogens with one attached hydrogen (secondary N) is 1. The van der Waals surface area contributed by atoms with Gasteiger partial charge in [0.2, 0.25) is 5.91 Å². The van der Waals surface area contributed by atoms with Gasteiger partial charge in [0.15, 0.2) is 5.82 Å². The number of aromatic nitrogens is 1. The van der Waals surface area contributed by atoms with Gasteiger partial charge < -0.3 is 16.0 Å². The third-order valence-corrected chi connectivity index (χ3v) is 3.80. The van der Waals surface area contributed by atoms with Gasteiger partial charge in [-0.1, -0.05) is 0 Å². The average molecular weight is 261 g/mol. The second-order valence-corrected chi connectivity index (χ2v) is 4.69. The van der Waals surface area contributed by atoms with E-state index in [0.29, 0.717) is 25.9 Å². The molecule has 1 aliphatic heterocycles. The Bertz CT molecular complexity index is 480. The van der Waals surface area contributed by atoms with Crippen molar-refractivity contribution in [2.24, 2.45) is 10.7 Å². The number of nitrogens with two attached hydrogens (primary N) is 1. The summed E-state index contributed by atoms with van der Waals surface area (Å²) in [6.07, 6.45) is 3.05. The van der Waals surface area contributed by atoms with Crippen LogP contribution >= 0.6 is 0 Å². The number of pyridine rings is 1. The lowest BCUT2D eigenvalue weighted by atomic mass is 9.87. The smallest absolute Gasteiger partial charge is 0.237 e. The van der Waals surface area contributed by atoms with Gasteiger partial charge >= 0.3 is 0 Å². The van der Waals surface area contributed by atoms with Crippen molar-refractivity contribution in [3.05, 3.63) is 18.3 Å². The number of piperidine rings is 1. The molecule has 0 bridgehead atoms. The highest BCUT2D eigenvalue weighted by Crippen LogP contribution is 2.30. The Hall–Kier alpha value is -1.95. The molecule has 1 amide bonds. The first kappa shape index (κ1) is 13.5. The van der Waals surface area contributed by atoms with Crippen molar-refractivity contribution < 1.29 is 4.79 Å². The summed E-state index contributed by atoms with van der Waals surface area (Å²) in [5.41, 5.74) is 5.65. The fraction of sp³-hybridized carbons (Fsp3) is 0.462. The van der Waals surface area contributed by atoms with Crippen molar-refractivity contribution in [2.45, 2.75) is 18.4 Å². The normalized spacial score (nSPS) is 18.1. The van der Waals surface area contributed by atoms with E-state index >= 15 is 0 Å². The van der Waals surface area contributed by atoms with Crippen LogP contribution in [0.4, 0.5) is 11.5 Å². The molecule has 1 aromatic rings.